The molecule has 7 amide bonds. The van der Waals surface area contributed by atoms with Crippen LogP contribution in [-0.4, -0.2) is 151 Å². The number of carbonyl (C=O) groups is 7. The Morgan fingerprint density at radius 3 is 2.25 bits per heavy atom. The molecule has 2 aromatic carbocycles. The standard InChI is InChI=1S/C45H57N7O12S/c1-27-38(65-26-48-27)29-10-8-28(9-11-29)23-47-40(56)34-22-30(53)24-51(34)44(60)39(45(2,3)4)49-36(55)25-64-21-20-63-19-18-62-17-16-61-15-14-46-32-7-5-6-31-37(32)43(59)52(42(31)58)33-12-13-35(54)50-41(33)57/h5-11,26,30,33-34,39,46,53H,12-25H2,1-4H3,(H,47,56)(H,49,55)(H,50,54,57)/t30-,33?,34+,39-/m1/s1. The molecule has 3 aliphatic heterocycles. The van der Waals surface area contributed by atoms with Crippen molar-refractivity contribution in [2.24, 2.45) is 5.41 Å². The van der Waals surface area contributed by atoms with Crippen molar-refractivity contribution in [2.75, 3.05) is 71.3 Å². The summed E-state index contributed by atoms with van der Waals surface area (Å²) in [6, 6.07) is 9.72. The summed E-state index contributed by atoms with van der Waals surface area (Å²) in [4.78, 5) is 98.0. The van der Waals surface area contributed by atoms with Crippen molar-refractivity contribution in [3.05, 3.63) is 70.4 Å². The van der Waals surface area contributed by atoms with Gasteiger partial charge < -0.3 is 44.9 Å². The van der Waals surface area contributed by atoms with Crippen molar-refractivity contribution < 1.29 is 57.6 Å². The molecule has 0 aliphatic carbocycles. The molecular formula is C45H57N7O12S. The number of piperidine rings is 1. The molecule has 20 heteroatoms. The van der Waals surface area contributed by atoms with Gasteiger partial charge in [-0.25, -0.2) is 4.98 Å². The van der Waals surface area contributed by atoms with Gasteiger partial charge in [0.15, 0.2) is 0 Å². The van der Waals surface area contributed by atoms with E-state index in [4.69, 9.17) is 18.9 Å². The molecule has 4 heterocycles. The second-order valence-electron chi connectivity index (χ2n) is 16.9. The molecular weight excluding hydrogens is 863 g/mol. The second kappa shape index (κ2) is 22.5. The maximum absolute atomic E-state index is 13.9. The fourth-order valence-corrected chi connectivity index (χ4v) is 8.54. The summed E-state index contributed by atoms with van der Waals surface area (Å²) < 4.78 is 22.2. The number of hydrogen-bond acceptors (Lipinski definition) is 15. The molecule has 2 saturated heterocycles. The molecule has 5 N–H and O–H groups in total. The van der Waals surface area contributed by atoms with E-state index in [1.54, 1.807) is 29.0 Å². The number of imide groups is 2. The second-order valence-corrected chi connectivity index (χ2v) is 17.8. The molecule has 3 aliphatic rings. The molecule has 0 saturated carbocycles. The van der Waals surface area contributed by atoms with Crippen molar-refractivity contribution >= 4 is 58.4 Å². The van der Waals surface area contributed by atoms with Crippen LogP contribution in [0.2, 0.25) is 0 Å². The summed E-state index contributed by atoms with van der Waals surface area (Å²) in [6.45, 7) is 9.35. The number of amides is 7. The van der Waals surface area contributed by atoms with Gasteiger partial charge in [0.25, 0.3) is 11.8 Å². The Morgan fingerprint density at radius 1 is 0.923 bits per heavy atom. The summed E-state index contributed by atoms with van der Waals surface area (Å²) in [5.41, 5.74) is 4.75. The number of aromatic nitrogens is 1. The summed E-state index contributed by atoms with van der Waals surface area (Å²) >= 11 is 1.56. The van der Waals surface area contributed by atoms with Gasteiger partial charge in [-0.15, -0.1) is 11.3 Å². The van der Waals surface area contributed by atoms with Crippen LogP contribution in [0.4, 0.5) is 5.69 Å². The smallest absolute Gasteiger partial charge is 0.264 e. The van der Waals surface area contributed by atoms with Crippen LogP contribution in [0.25, 0.3) is 10.4 Å². The molecule has 19 nitrogen and oxygen atoms in total. The fraction of sp³-hybridized carbons (Fsp3) is 0.511. The molecule has 0 radical (unpaired) electrons. The maximum atomic E-state index is 13.9. The number of likely N-dealkylation sites (tertiary alicyclic amines) is 1. The zero-order chi connectivity index (χ0) is 46.7. The van der Waals surface area contributed by atoms with Gasteiger partial charge in [-0.1, -0.05) is 51.1 Å². The molecule has 4 atom stereocenters. The van der Waals surface area contributed by atoms with Crippen molar-refractivity contribution in [3.8, 4) is 10.4 Å². The molecule has 3 aromatic rings. The average molecular weight is 920 g/mol. The molecule has 2 fully saturated rings. The fourth-order valence-electron chi connectivity index (χ4n) is 7.73. The van der Waals surface area contributed by atoms with Crippen LogP contribution in [0, 0.1) is 12.3 Å². The van der Waals surface area contributed by atoms with E-state index in [-0.39, 0.29) is 82.4 Å². The molecule has 0 spiro atoms. The molecule has 0 bridgehead atoms. The van der Waals surface area contributed by atoms with Crippen LogP contribution in [0.15, 0.2) is 48.0 Å². The Kier molecular flexibility index (Phi) is 16.9. The number of nitrogens with zero attached hydrogens (tertiary/aromatic N) is 3. The van der Waals surface area contributed by atoms with Crippen molar-refractivity contribution in [1.29, 1.82) is 0 Å². The van der Waals surface area contributed by atoms with Gasteiger partial charge in [0.05, 0.1) is 79.6 Å². The van der Waals surface area contributed by atoms with E-state index >= 15 is 0 Å². The highest BCUT2D eigenvalue weighted by Gasteiger charge is 2.46. The van der Waals surface area contributed by atoms with Gasteiger partial charge >= 0.3 is 0 Å². The highest BCUT2D eigenvalue weighted by molar-refractivity contribution is 7.13. The summed E-state index contributed by atoms with van der Waals surface area (Å²) in [7, 11) is 0. The lowest BCUT2D eigenvalue weighted by Gasteiger charge is -2.35. The topological polar surface area (TPSA) is 244 Å². The number of carbonyl (C=O) groups excluding carboxylic acids is 7. The lowest BCUT2D eigenvalue weighted by Crippen LogP contribution is -2.58. The highest BCUT2D eigenvalue weighted by atomic mass is 32.1. The van der Waals surface area contributed by atoms with Crippen LogP contribution >= 0.6 is 11.3 Å². The Hall–Kier alpha value is -5.64. The Morgan fingerprint density at radius 2 is 1.60 bits per heavy atom. The minimum absolute atomic E-state index is 0.0351. The van der Waals surface area contributed by atoms with E-state index in [9.17, 15) is 38.7 Å². The summed E-state index contributed by atoms with van der Waals surface area (Å²) in [5.74, 6) is -3.64. The SMILES string of the molecule is Cc1ncsc1-c1ccc(CNC(=O)[C@@H]2C[C@@H](O)CN2C(=O)[C@@H](NC(=O)COCCOCCOCCOCCNc2cccc3c2C(=O)N(C2CCC(=O)NC2=O)C3=O)C(C)(C)C)cc1. The van der Waals surface area contributed by atoms with Gasteiger partial charge in [0, 0.05) is 38.2 Å². The molecule has 6 rings (SSSR count). The number of ether oxygens (including phenoxy) is 4. The maximum Gasteiger partial charge on any atom is 0.264 e. The normalized spacial score (nSPS) is 19.0. The average Bonchev–Trinajstić information content (AvgIpc) is 3.96. The minimum Gasteiger partial charge on any atom is -0.391 e. The van der Waals surface area contributed by atoms with Crippen LogP contribution in [-0.2, 0) is 49.5 Å². The van der Waals surface area contributed by atoms with E-state index in [2.05, 4.69) is 26.3 Å². The number of aryl methyl sites for hydroxylation is 1. The van der Waals surface area contributed by atoms with Gasteiger partial charge in [-0.05, 0) is 42.0 Å². The highest BCUT2D eigenvalue weighted by Crippen LogP contribution is 2.33. The van der Waals surface area contributed by atoms with Gasteiger partial charge in [-0.3, -0.25) is 43.8 Å². The third-order valence-electron chi connectivity index (χ3n) is 11.1. The monoisotopic (exact) mass is 919 g/mol. The number of β-amino-alcohol motifs (C(OH)–C–C–N with tert-alkyl or cyclic N) is 1. The number of fused-ring (bicyclic) bond motifs is 1. The van der Waals surface area contributed by atoms with E-state index < -0.39 is 65.1 Å². The van der Waals surface area contributed by atoms with Crippen LogP contribution < -0.4 is 21.3 Å². The first-order valence-corrected chi connectivity index (χ1v) is 22.5. The number of hydrogen-bond donors (Lipinski definition) is 5. The van der Waals surface area contributed by atoms with Crippen LogP contribution in [0.5, 0.6) is 0 Å². The van der Waals surface area contributed by atoms with E-state index in [0.29, 0.717) is 32.1 Å². The van der Waals surface area contributed by atoms with Crippen molar-refractivity contribution in [2.45, 2.75) is 77.7 Å². The third-order valence-corrected chi connectivity index (χ3v) is 12.1. The number of aliphatic hydroxyl groups is 1. The number of nitrogens with one attached hydrogen (secondary N) is 4. The minimum atomic E-state index is -1.04. The first kappa shape index (κ1) is 48.8. The lowest BCUT2D eigenvalue weighted by atomic mass is 9.85. The first-order valence-electron chi connectivity index (χ1n) is 21.6. The number of anilines is 1. The molecule has 65 heavy (non-hydrogen) atoms. The van der Waals surface area contributed by atoms with E-state index in [1.165, 1.54) is 11.0 Å². The third kappa shape index (κ3) is 12.6. The van der Waals surface area contributed by atoms with Crippen LogP contribution in [0.3, 0.4) is 0 Å². The van der Waals surface area contributed by atoms with Crippen LogP contribution in [0.1, 0.15) is 72.0 Å². The number of aliphatic hydroxyl groups excluding tert-OH is 1. The zero-order valence-corrected chi connectivity index (χ0v) is 37.8. The van der Waals surface area contributed by atoms with Crippen molar-refractivity contribution in [3.63, 3.8) is 0 Å². The first-order chi connectivity index (χ1) is 31.1. The Bertz CT molecular complexity index is 2210. The zero-order valence-electron chi connectivity index (χ0n) is 37.0. The predicted molar refractivity (Wildman–Crippen MR) is 237 cm³/mol. The van der Waals surface area contributed by atoms with Crippen molar-refractivity contribution in [1.82, 2.24) is 30.7 Å². The van der Waals surface area contributed by atoms with Gasteiger partial charge in [0.1, 0.15) is 24.7 Å². The summed E-state index contributed by atoms with van der Waals surface area (Å²) in [5, 5.41) is 21.5. The number of rotatable bonds is 22. The molecule has 1 aromatic heterocycles. The Labute approximate surface area is 380 Å². The van der Waals surface area contributed by atoms with Gasteiger partial charge in [0.2, 0.25) is 29.5 Å². The molecule has 350 valence electrons. The van der Waals surface area contributed by atoms with Gasteiger partial charge in [-0.2, -0.15) is 0 Å². The molecule has 1 unspecified atom stereocenters. The van der Waals surface area contributed by atoms with E-state index in [1.807, 2.05) is 52.0 Å². The number of benzene rings is 2. The quantitative estimate of drug-likeness (QED) is 0.0714. The summed E-state index contributed by atoms with van der Waals surface area (Å²) in [6.07, 6.45) is -0.691. The largest absolute Gasteiger partial charge is 0.391 e. The predicted octanol–water partition coefficient (Wildman–Crippen LogP) is 1.81. The Balaban J connectivity index is 0.820. The number of thiazole rings is 1. The lowest BCUT2D eigenvalue weighted by molar-refractivity contribution is -0.144. The van der Waals surface area contributed by atoms with E-state index in [0.717, 1.165) is 26.6 Å².